The Hall–Kier alpha value is -3.49. The van der Waals surface area contributed by atoms with E-state index in [-0.39, 0.29) is 0 Å². The molecule has 4 aromatic carbocycles. The molecule has 192 valence electrons. The van der Waals surface area contributed by atoms with E-state index in [9.17, 15) is 0 Å². The summed E-state index contributed by atoms with van der Waals surface area (Å²) < 4.78 is 27.4. The summed E-state index contributed by atoms with van der Waals surface area (Å²) in [4.78, 5) is 2.11. The Morgan fingerprint density at radius 3 is 1.51 bits per heavy atom. The maximum Gasteiger partial charge on any atom is 0.171 e. The third kappa shape index (κ3) is 4.45. The van der Waals surface area contributed by atoms with Crippen LogP contribution in [0.25, 0.3) is 11.1 Å². The molecule has 0 saturated carbocycles. The van der Waals surface area contributed by atoms with Gasteiger partial charge in [-0.05, 0) is 56.5 Å². The minimum absolute atomic E-state index is 0.801. The number of anilines is 1. The van der Waals surface area contributed by atoms with Gasteiger partial charge in [-0.25, -0.2) is 0 Å². The maximum absolute atomic E-state index is 15.6. The summed E-state index contributed by atoms with van der Waals surface area (Å²) in [5, 5.41) is 2.40. The van der Waals surface area contributed by atoms with Crippen molar-refractivity contribution >= 4 is 28.7 Å². The van der Waals surface area contributed by atoms with Crippen LogP contribution in [-0.4, -0.2) is 28.3 Å². The number of methoxy groups -OCH3 is 2. The van der Waals surface area contributed by atoms with Gasteiger partial charge >= 0.3 is 0 Å². The van der Waals surface area contributed by atoms with Crippen LogP contribution in [0.3, 0.4) is 0 Å². The Morgan fingerprint density at radius 1 is 0.649 bits per heavy atom. The lowest BCUT2D eigenvalue weighted by Gasteiger charge is -2.30. The van der Waals surface area contributed by atoms with Gasteiger partial charge in [-0.2, -0.15) is 0 Å². The van der Waals surface area contributed by atoms with E-state index < -0.39 is 7.14 Å². The van der Waals surface area contributed by atoms with Crippen molar-refractivity contribution in [1.29, 1.82) is 0 Å². The van der Waals surface area contributed by atoms with Crippen LogP contribution in [0.15, 0.2) is 72.8 Å². The highest BCUT2D eigenvalue weighted by atomic mass is 31.2. The van der Waals surface area contributed by atoms with Gasteiger partial charge in [0.2, 0.25) is 0 Å². The van der Waals surface area contributed by atoms with Crippen LogP contribution in [-0.2, 0) is 4.57 Å². The molecule has 0 aromatic heterocycles. The van der Waals surface area contributed by atoms with Gasteiger partial charge in [0.05, 0.1) is 14.2 Å². The van der Waals surface area contributed by atoms with Gasteiger partial charge in [0.1, 0.15) is 11.5 Å². The molecule has 0 saturated heterocycles. The highest BCUT2D eigenvalue weighted by Crippen LogP contribution is 2.51. The summed E-state index contributed by atoms with van der Waals surface area (Å²) in [7, 11) is 4.20. The fourth-order valence-electron chi connectivity index (χ4n) is 5.45. The summed E-state index contributed by atoms with van der Waals surface area (Å²) in [6, 6.07) is 23.9. The first-order valence-electron chi connectivity index (χ1n) is 12.4. The molecule has 37 heavy (non-hydrogen) atoms. The van der Waals surface area contributed by atoms with E-state index in [1.54, 1.807) is 14.2 Å². The predicted molar refractivity (Wildman–Crippen MR) is 158 cm³/mol. The van der Waals surface area contributed by atoms with Gasteiger partial charge in [0.15, 0.2) is 7.14 Å². The van der Waals surface area contributed by atoms with E-state index in [4.69, 9.17) is 9.47 Å². The number of hydrogen-bond donors (Lipinski definition) is 0. The minimum Gasteiger partial charge on any atom is -0.496 e. The number of ether oxygens (including phenoxy) is 2. The van der Waals surface area contributed by atoms with Crippen molar-refractivity contribution in [3.8, 4) is 22.6 Å². The van der Waals surface area contributed by atoms with E-state index in [0.29, 0.717) is 0 Å². The van der Waals surface area contributed by atoms with E-state index >= 15 is 4.57 Å². The summed E-state index contributed by atoms with van der Waals surface area (Å²) in [6.45, 7) is 8.23. The lowest BCUT2D eigenvalue weighted by Crippen LogP contribution is -2.28. The number of aryl methyl sites for hydroxylation is 2. The number of hydrogen-bond acceptors (Lipinski definition) is 4. The average Bonchev–Trinajstić information content (AvgIpc) is 2.90. The first-order valence-corrected chi connectivity index (χ1v) is 14.1. The van der Waals surface area contributed by atoms with Gasteiger partial charge in [-0.1, -0.05) is 60.7 Å². The van der Waals surface area contributed by atoms with E-state index in [1.807, 2.05) is 81.7 Å². The molecule has 0 unspecified atom stereocenters. The lowest BCUT2D eigenvalue weighted by molar-refractivity contribution is 0.408. The van der Waals surface area contributed by atoms with Crippen LogP contribution < -0.4 is 30.3 Å². The van der Waals surface area contributed by atoms with E-state index in [0.717, 1.165) is 66.5 Å². The Morgan fingerprint density at radius 2 is 1.08 bits per heavy atom. The SMILES string of the molecule is COc1c(C)cc(N(C)C)c(-c2c(P(=O)(c3ccccc3)c3ccccc3)cc(C)c(OC)c2C)c1C. The molecule has 0 bridgehead atoms. The molecule has 4 rings (SSSR count). The average molecular weight is 514 g/mol. The zero-order chi connectivity index (χ0) is 26.9. The third-order valence-electron chi connectivity index (χ3n) is 7.09. The zero-order valence-electron chi connectivity index (χ0n) is 23.0. The Labute approximate surface area is 221 Å². The first kappa shape index (κ1) is 26.6. The number of benzene rings is 4. The lowest BCUT2D eigenvalue weighted by atomic mass is 9.90. The molecule has 4 aromatic rings. The molecule has 0 aliphatic carbocycles. The molecular weight excluding hydrogens is 477 g/mol. The quantitative estimate of drug-likeness (QED) is 0.272. The second-order valence-electron chi connectivity index (χ2n) is 9.67. The fraction of sp³-hybridized carbons (Fsp3) is 0.250. The van der Waals surface area contributed by atoms with Crippen molar-refractivity contribution < 1.29 is 14.0 Å². The molecule has 0 aliphatic heterocycles. The van der Waals surface area contributed by atoms with Crippen molar-refractivity contribution in [2.45, 2.75) is 27.7 Å². The van der Waals surface area contributed by atoms with Crippen LogP contribution in [0.2, 0.25) is 0 Å². The molecule has 5 heteroatoms. The number of nitrogens with zero attached hydrogens (tertiary/aromatic N) is 1. The smallest absolute Gasteiger partial charge is 0.171 e. The van der Waals surface area contributed by atoms with Crippen molar-refractivity contribution in [3.63, 3.8) is 0 Å². The van der Waals surface area contributed by atoms with Crippen molar-refractivity contribution in [3.05, 3.63) is 95.1 Å². The summed E-state index contributed by atoms with van der Waals surface area (Å²) >= 11 is 0. The third-order valence-corrected chi connectivity index (χ3v) is 10.2. The van der Waals surface area contributed by atoms with Gasteiger partial charge < -0.3 is 18.9 Å². The molecule has 4 nitrogen and oxygen atoms in total. The van der Waals surface area contributed by atoms with Crippen molar-refractivity contribution in [2.75, 3.05) is 33.2 Å². The normalized spacial score (nSPS) is 11.4. The molecule has 0 N–H and O–H groups in total. The van der Waals surface area contributed by atoms with Crippen molar-refractivity contribution in [2.24, 2.45) is 0 Å². The molecule has 0 fully saturated rings. The minimum atomic E-state index is -3.28. The topological polar surface area (TPSA) is 38.8 Å². The Balaban J connectivity index is 2.26. The highest BCUT2D eigenvalue weighted by Gasteiger charge is 2.36. The highest BCUT2D eigenvalue weighted by molar-refractivity contribution is 7.85. The van der Waals surface area contributed by atoms with Gasteiger partial charge in [0.25, 0.3) is 0 Å². The van der Waals surface area contributed by atoms with Crippen LogP contribution in [0.1, 0.15) is 22.3 Å². The van der Waals surface area contributed by atoms with E-state index in [1.165, 1.54) is 0 Å². The van der Waals surface area contributed by atoms with E-state index in [2.05, 4.69) is 37.8 Å². The second-order valence-corrected chi connectivity index (χ2v) is 12.4. The molecular formula is C32H36NO3P. The molecule has 0 atom stereocenters. The van der Waals surface area contributed by atoms with Gasteiger partial charge in [-0.15, -0.1) is 0 Å². The number of rotatable bonds is 7. The van der Waals surface area contributed by atoms with Gasteiger partial charge in [0, 0.05) is 52.4 Å². The fourth-order valence-corrected chi connectivity index (χ4v) is 8.46. The summed E-state index contributed by atoms with van der Waals surface area (Å²) in [5.41, 5.74) is 6.95. The molecule has 0 heterocycles. The summed E-state index contributed by atoms with van der Waals surface area (Å²) in [5.74, 6) is 1.63. The monoisotopic (exact) mass is 513 g/mol. The molecule has 0 aliphatic rings. The molecule has 0 radical (unpaired) electrons. The van der Waals surface area contributed by atoms with Crippen LogP contribution >= 0.6 is 7.14 Å². The van der Waals surface area contributed by atoms with Crippen molar-refractivity contribution in [1.82, 2.24) is 0 Å². The van der Waals surface area contributed by atoms with Gasteiger partial charge in [-0.3, -0.25) is 0 Å². The standard InChI is InChI=1S/C32H36NO3P/c1-21-19-27(33(5)6)29(23(3)31(21)35-7)30-24(4)32(36-8)22(2)20-28(30)37(34,25-15-11-9-12-16-25)26-17-13-10-14-18-26/h9-20H,1-8H3. The van der Waals surface area contributed by atoms with Crippen LogP contribution in [0.5, 0.6) is 11.5 Å². The molecule has 0 spiro atoms. The first-order chi connectivity index (χ1) is 17.7. The largest absolute Gasteiger partial charge is 0.496 e. The Bertz CT molecular complexity index is 1430. The second kappa shape index (κ2) is 10.5. The van der Waals surface area contributed by atoms with Crippen LogP contribution in [0.4, 0.5) is 5.69 Å². The van der Waals surface area contributed by atoms with Crippen LogP contribution in [0, 0.1) is 27.7 Å². The molecule has 0 amide bonds. The summed E-state index contributed by atoms with van der Waals surface area (Å²) in [6.07, 6.45) is 0. The Kier molecular flexibility index (Phi) is 7.52. The maximum atomic E-state index is 15.6. The zero-order valence-corrected chi connectivity index (χ0v) is 23.9. The predicted octanol–water partition coefficient (Wildman–Crippen LogP) is 6.31.